The van der Waals surface area contributed by atoms with Gasteiger partial charge in [-0.05, 0) is 5.56 Å². The quantitative estimate of drug-likeness (QED) is 0.349. The van der Waals surface area contributed by atoms with Crippen molar-refractivity contribution in [1.29, 1.82) is 10.5 Å². The Hall–Kier alpha value is -2.86. The molecule has 0 aromatic heterocycles. The minimum atomic E-state index is -0.505. The second-order valence-electron chi connectivity index (χ2n) is 3.33. The Balaban J connectivity index is 3.08. The van der Waals surface area contributed by atoms with Crippen molar-refractivity contribution in [3.8, 4) is 12.1 Å². The summed E-state index contributed by atoms with van der Waals surface area (Å²) in [6.45, 7) is 0. The zero-order valence-corrected chi connectivity index (χ0v) is 9.58. The van der Waals surface area contributed by atoms with E-state index in [4.69, 9.17) is 15.3 Å². The van der Waals surface area contributed by atoms with Gasteiger partial charge in [0.1, 0.15) is 17.9 Å². The van der Waals surface area contributed by atoms with E-state index in [1.54, 1.807) is 24.3 Å². The number of non-ortho nitro benzene ring substituents is 1. The molecular weight excluding hydrogens is 234 g/mol. The first-order valence-electron chi connectivity index (χ1n) is 4.93. The summed E-state index contributed by atoms with van der Waals surface area (Å²) in [5, 5.41) is 28.1. The molecule has 6 heteroatoms. The van der Waals surface area contributed by atoms with Crippen molar-refractivity contribution in [1.82, 2.24) is 0 Å². The fourth-order valence-electron chi connectivity index (χ4n) is 1.38. The van der Waals surface area contributed by atoms with Crippen LogP contribution in [-0.2, 0) is 11.2 Å². The van der Waals surface area contributed by atoms with E-state index < -0.39 is 4.92 Å². The molecule has 18 heavy (non-hydrogen) atoms. The van der Waals surface area contributed by atoms with Gasteiger partial charge >= 0.3 is 0 Å². The van der Waals surface area contributed by atoms with E-state index in [2.05, 4.69) is 0 Å². The molecule has 0 bridgehead atoms. The van der Waals surface area contributed by atoms with E-state index in [0.29, 0.717) is 5.56 Å². The zero-order valence-electron chi connectivity index (χ0n) is 9.58. The fourth-order valence-corrected chi connectivity index (χ4v) is 1.38. The van der Waals surface area contributed by atoms with Crippen LogP contribution in [0.2, 0.25) is 0 Å². The molecule has 0 aliphatic rings. The van der Waals surface area contributed by atoms with Crippen molar-refractivity contribution in [2.24, 2.45) is 0 Å². The third-order valence-corrected chi connectivity index (χ3v) is 2.23. The average molecular weight is 243 g/mol. The van der Waals surface area contributed by atoms with Gasteiger partial charge in [-0.2, -0.15) is 10.5 Å². The summed E-state index contributed by atoms with van der Waals surface area (Å²) >= 11 is 0. The highest BCUT2D eigenvalue weighted by Gasteiger charge is 2.11. The topological polar surface area (TPSA) is 99.9 Å². The van der Waals surface area contributed by atoms with Gasteiger partial charge in [0.2, 0.25) is 0 Å². The highest BCUT2D eigenvalue weighted by molar-refractivity contribution is 5.41. The SMILES string of the molecule is COC(Cc1cccc([N+](=O)[O-])c1)=C(C#N)C#N. The van der Waals surface area contributed by atoms with Gasteiger partial charge in [0.15, 0.2) is 5.57 Å². The summed E-state index contributed by atoms with van der Waals surface area (Å²) in [5.41, 5.74) is 0.423. The van der Waals surface area contributed by atoms with Crippen LogP contribution < -0.4 is 0 Å². The fraction of sp³-hybridized carbons (Fsp3) is 0.167. The molecule has 0 amide bonds. The lowest BCUT2D eigenvalue weighted by molar-refractivity contribution is -0.384. The normalized spacial score (nSPS) is 8.83. The Morgan fingerprint density at radius 1 is 1.44 bits per heavy atom. The predicted octanol–water partition coefficient (Wildman–Crippen LogP) is 2.08. The molecule has 0 fully saturated rings. The number of nitro groups is 1. The third-order valence-electron chi connectivity index (χ3n) is 2.23. The van der Waals surface area contributed by atoms with Crippen LogP contribution in [0.1, 0.15) is 5.56 Å². The van der Waals surface area contributed by atoms with Crippen LogP contribution in [0.4, 0.5) is 5.69 Å². The highest BCUT2D eigenvalue weighted by atomic mass is 16.6. The lowest BCUT2D eigenvalue weighted by Crippen LogP contribution is -1.98. The molecular formula is C12H9N3O3. The minimum Gasteiger partial charge on any atom is -0.499 e. The van der Waals surface area contributed by atoms with Crippen LogP contribution >= 0.6 is 0 Å². The molecule has 1 rings (SSSR count). The van der Waals surface area contributed by atoms with Crippen LogP contribution in [0.5, 0.6) is 0 Å². The largest absolute Gasteiger partial charge is 0.499 e. The second kappa shape index (κ2) is 6.02. The van der Waals surface area contributed by atoms with Crippen LogP contribution in [-0.4, -0.2) is 12.0 Å². The van der Waals surface area contributed by atoms with E-state index in [-0.39, 0.29) is 23.4 Å². The van der Waals surface area contributed by atoms with Gasteiger partial charge in [-0.25, -0.2) is 0 Å². The van der Waals surface area contributed by atoms with E-state index in [9.17, 15) is 10.1 Å². The number of nitriles is 2. The first-order valence-corrected chi connectivity index (χ1v) is 4.93. The first-order chi connectivity index (χ1) is 8.62. The monoisotopic (exact) mass is 243 g/mol. The van der Waals surface area contributed by atoms with Crippen molar-refractivity contribution < 1.29 is 9.66 Å². The first kappa shape index (κ1) is 13.2. The molecule has 0 saturated heterocycles. The molecule has 0 heterocycles. The molecule has 0 radical (unpaired) electrons. The lowest BCUT2D eigenvalue weighted by atomic mass is 10.1. The Labute approximate surface area is 103 Å². The second-order valence-corrected chi connectivity index (χ2v) is 3.33. The number of hydrogen-bond donors (Lipinski definition) is 0. The maximum atomic E-state index is 10.6. The van der Waals surface area contributed by atoms with Gasteiger partial charge in [-0.1, -0.05) is 12.1 Å². The minimum absolute atomic E-state index is 0.0431. The Morgan fingerprint density at radius 2 is 2.11 bits per heavy atom. The molecule has 0 unspecified atom stereocenters. The van der Waals surface area contributed by atoms with Crippen molar-refractivity contribution in [3.05, 3.63) is 51.3 Å². The predicted molar refractivity (Wildman–Crippen MR) is 62.1 cm³/mol. The van der Waals surface area contributed by atoms with Gasteiger partial charge < -0.3 is 4.74 Å². The molecule has 6 nitrogen and oxygen atoms in total. The lowest BCUT2D eigenvalue weighted by Gasteiger charge is -2.05. The molecule has 0 spiro atoms. The van der Waals surface area contributed by atoms with Crippen LogP contribution in [0.15, 0.2) is 35.6 Å². The average Bonchev–Trinajstić information content (AvgIpc) is 2.39. The summed E-state index contributed by atoms with van der Waals surface area (Å²) in [5.74, 6) is 0.195. The van der Waals surface area contributed by atoms with Gasteiger partial charge in [-0.15, -0.1) is 0 Å². The molecule has 0 atom stereocenters. The van der Waals surface area contributed by atoms with Crippen LogP contribution in [0.25, 0.3) is 0 Å². The third kappa shape index (κ3) is 3.06. The molecule has 90 valence electrons. The van der Waals surface area contributed by atoms with E-state index in [1.165, 1.54) is 19.2 Å². The summed E-state index contributed by atoms with van der Waals surface area (Å²) in [6.07, 6.45) is 0.161. The van der Waals surface area contributed by atoms with Crippen molar-refractivity contribution >= 4 is 5.69 Å². The summed E-state index contributed by atoms with van der Waals surface area (Å²) < 4.78 is 4.96. The summed E-state index contributed by atoms with van der Waals surface area (Å²) in [4.78, 5) is 10.1. The number of rotatable bonds is 4. The summed E-state index contributed by atoms with van der Waals surface area (Å²) in [7, 11) is 1.35. The number of nitrogens with zero attached hydrogens (tertiary/aromatic N) is 3. The Kier molecular flexibility index (Phi) is 4.42. The van der Waals surface area contributed by atoms with Crippen LogP contribution in [0.3, 0.4) is 0 Å². The van der Waals surface area contributed by atoms with Gasteiger partial charge in [0, 0.05) is 18.6 Å². The smallest absolute Gasteiger partial charge is 0.269 e. The maximum absolute atomic E-state index is 10.6. The molecule has 0 aliphatic heterocycles. The molecule has 0 aliphatic carbocycles. The van der Waals surface area contributed by atoms with Crippen molar-refractivity contribution in [2.75, 3.05) is 7.11 Å². The van der Waals surface area contributed by atoms with E-state index in [0.717, 1.165) is 0 Å². The van der Waals surface area contributed by atoms with Crippen molar-refractivity contribution in [2.45, 2.75) is 6.42 Å². The standard InChI is InChI=1S/C12H9N3O3/c1-18-12(10(7-13)8-14)6-9-3-2-4-11(5-9)15(16)17/h2-5H,6H2,1H3. The Morgan fingerprint density at radius 3 is 2.61 bits per heavy atom. The molecule has 0 N–H and O–H groups in total. The number of ether oxygens (including phenoxy) is 1. The summed E-state index contributed by atoms with van der Waals surface area (Å²) in [6, 6.07) is 9.40. The maximum Gasteiger partial charge on any atom is 0.269 e. The molecule has 1 aromatic rings. The van der Waals surface area contributed by atoms with E-state index in [1.807, 2.05) is 0 Å². The number of nitro benzene ring substituents is 1. The zero-order chi connectivity index (χ0) is 13.5. The molecule has 1 aromatic carbocycles. The van der Waals surface area contributed by atoms with Crippen molar-refractivity contribution in [3.63, 3.8) is 0 Å². The van der Waals surface area contributed by atoms with Gasteiger partial charge in [0.05, 0.1) is 12.0 Å². The number of hydrogen-bond acceptors (Lipinski definition) is 5. The van der Waals surface area contributed by atoms with E-state index >= 15 is 0 Å². The number of allylic oxidation sites excluding steroid dienone is 2. The number of methoxy groups -OCH3 is 1. The highest BCUT2D eigenvalue weighted by Crippen LogP contribution is 2.17. The van der Waals surface area contributed by atoms with Crippen LogP contribution in [0, 0.1) is 32.8 Å². The molecule has 0 saturated carbocycles. The number of benzene rings is 1. The Bertz CT molecular complexity index is 563. The van der Waals surface area contributed by atoms with Gasteiger partial charge in [0.25, 0.3) is 5.69 Å². The van der Waals surface area contributed by atoms with Gasteiger partial charge in [-0.3, -0.25) is 10.1 Å².